The Morgan fingerprint density at radius 3 is 2.10 bits per heavy atom. The molecule has 2 atom stereocenters. The number of benzene rings is 2. The minimum Gasteiger partial charge on any atom is -0.303 e. The zero-order chi connectivity index (χ0) is 15.2. The highest BCUT2D eigenvalue weighted by atomic mass is 35.5. The van der Waals surface area contributed by atoms with Crippen molar-refractivity contribution in [3.05, 3.63) is 70.2 Å². The molecule has 0 aliphatic rings. The molecule has 0 aromatic heterocycles. The van der Waals surface area contributed by atoms with Gasteiger partial charge >= 0.3 is 0 Å². The van der Waals surface area contributed by atoms with Crippen molar-refractivity contribution in [1.29, 1.82) is 0 Å². The fourth-order valence-corrected chi connectivity index (χ4v) is 2.71. The fraction of sp³-hybridized carbons (Fsp3) is 0.368. The summed E-state index contributed by atoms with van der Waals surface area (Å²) in [5, 5.41) is 4.54. The third-order valence-electron chi connectivity index (χ3n) is 3.88. The van der Waals surface area contributed by atoms with Crippen molar-refractivity contribution in [2.45, 2.75) is 45.7 Å². The predicted octanol–water partition coefficient (Wildman–Crippen LogP) is 5.84. The van der Waals surface area contributed by atoms with E-state index in [4.69, 9.17) is 11.6 Å². The largest absolute Gasteiger partial charge is 0.303 e. The van der Waals surface area contributed by atoms with Crippen LogP contribution in [0.3, 0.4) is 0 Å². The fourth-order valence-electron chi connectivity index (χ4n) is 2.58. The maximum absolute atomic E-state index is 5.99. The van der Waals surface area contributed by atoms with E-state index in [1.165, 1.54) is 16.7 Å². The van der Waals surface area contributed by atoms with Gasteiger partial charge < -0.3 is 5.32 Å². The second-order valence-electron chi connectivity index (χ2n) is 5.69. The zero-order valence-electron chi connectivity index (χ0n) is 13.1. The van der Waals surface area contributed by atoms with Crippen LogP contribution in [0.1, 0.15) is 55.5 Å². The number of hydrogen-bond acceptors (Lipinski definition) is 1. The van der Waals surface area contributed by atoms with E-state index in [1.54, 1.807) is 0 Å². The molecule has 2 rings (SSSR count). The summed E-state index contributed by atoms with van der Waals surface area (Å²) >= 11 is 5.99. The van der Waals surface area contributed by atoms with Crippen LogP contribution in [0.2, 0.25) is 5.02 Å². The van der Waals surface area contributed by atoms with Crippen LogP contribution >= 0.6 is 11.6 Å². The molecule has 2 heteroatoms. The number of nitrogens with one attached hydrogen (secondary N) is 1. The Bertz CT molecular complexity index is 545. The highest BCUT2D eigenvalue weighted by molar-refractivity contribution is 6.30. The lowest BCUT2D eigenvalue weighted by Crippen LogP contribution is -2.24. The van der Waals surface area contributed by atoms with E-state index in [0.29, 0.717) is 12.1 Å². The molecule has 2 aromatic rings. The van der Waals surface area contributed by atoms with E-state index in [1.807, 2.05) is 12.1 Å². The minimum atomic E-state index is 0.331. The molecule has 0 fully saturated rings. The number of rotatable bonds is 6. The van der Waals surface area contributed by atoms with Gasteiger partial charge in [0.2, 0.25) is 0 Å². The molecule has 2 aromatic carbocycles. The smallest absolute Gasteiger partial charge is 0.0406 e. The predicted molar refractivity (Wildman–Crippen MR) is 91.8 cm³/mol. The van der Waals surface area contributed by atoms with Gasteiger partial charge in [0.15, 0.2) is 0 Å². The van der Waals surface area contributed by atoms with Gasteiger partial charge in [-0.2, -0.15) is 0 Å². The summed E-state index contributed by atoms with van der Waals surface area (Å²) in [4.78, 5) is 0. The molecule has 0 radical (unpaired) electrons. The quantitative estimate of drug-likeness (QED) is 0.706. The van der Waals surface area contributed by atoms with Gasteiger partial charge in [-0.05, 0) is 43.5 Å². The summed E-state index contributed by atoms with van der Waals surface area (Å²) in [5.74, 6) is 0. The first-order valence-corrected chi connectivity index (χ1v) is 8.06. The van der Waals surface area contributed by atoms with Crippen LogP contribution in [0.5, 0.6) is 0 Å². The van der Waals surface area contributed by atoms with Gasteiger partial charge in [0.25, 0.3) is 0 Å². The third-order valence-corrected chi connectivity index (χ3v) is 4.13. The van der Waals surface area contributed by atoms with Crippen molar-refractivity contribution in [3.8, 4) is 0 Å². The SMILES string of the molecule is CCCC(N[C@@H](C)c1ccc(C)cc1)c1ccc(Cl)cc1. The maximum Gasteiger partial charge on any atom is 0.0406 e. The van der Waals surface area contributed by atoms with E-state index in [2.05, 4.69) is 62.5 Å². The molecular weight excluding hydrogens is 278 g/mol. The molecule has 0 saturated carbocycles. The number of hydrogen-bond donors (Lipinski definition) is 1. The van der Waals surface area contributed by atoms with Crippen molar-refractivity contribution in [2.75, 3.05) is 0 Å². The Hall–Kier alpha value is -1.31. The third kappa shape index (κ3) is 4.59. The lowest BCUT2D eigenvalue weighted by atomic mass is 9.99. The molecule has 1 unspecified atom stereocenters. The van der Waals surface area contributed by atoms with E-state index in [9.17, 15) is 0 Å². The highest BCUT2D eigenvalue weighted by Crippen LogP contribution is 2.24. The summed E-state index contributed by atoms with van der Waals surface area (Å²) in [7, 11) is 0. The first-order valence-electron chi connectivity index (χ1n) is 7.68. The summed E-state index contributed by atoms with van der Waals surface area (Å²) in [6.07, 6.45) is 2.28. The van der Waals surface area contributed by atoms with Crippen LogP contribution < -0.4 is 5.32 Å². The summed E-state index contributed by atoms with van der Waals surface area (Å²) in [5.41, 5.74) is 3.93. The maximum atomic E-state index is 5.99. The standard InChI is InChI=1S/C19H24ClN/c1-4-5-19(17-10-12-18(20)13-11-17)21-15(3)16-8-6-14(2)7-9-16/h6-13,15,19,21H,4-5H2,1-3H3/t15-,19?/m0/s1. The van der Waals surface area contributed by atoms with Gasteiger partial charge in [-0.25, -0.2) is 0 Å². The van der Waals surface area contributed by atoms with Crippen molar-refractivity contribution in [3.63, 3.8) is 0 Å². The first kappa shape index (κ1) is 16.1. The van der Waals surface area contributed by atoms with Crippen LogP contribution in [-0.2, 0) is 0 Å². The average molecular weight is 302 g/mol. The number of aryl methyl sites for hydroxylation is 1. The Labute approximate surface area is 133 Å². The molecule has 1 N–H and O–H groups in total. The van der Waals surface area contributed by atoms with Crippen LogP contribution in [-0.4, -0.2) is 0 Å². The molecule has 0 spiro atoms. The van der Waals surface area contributed by atoms with Crippen molar-refractivity contribution in [2.24, 2.45) is 0 Å². The molecule has 0 heterocycles. The Morgan fingerprint density at radius 1 is 0.952 bits per heavy atom. The van der Waals surface area contributed by atoms with Gasteiger partial charge in [0.05, 0.1) is 0 Å². The average Bonchev–Trinajstić information content (AvgIpc) is 2.48. The molecule has 1 nitrogen and oxygen atoms in total. The summed E-state index contributed by atoms with van der Waals surface area (Å²) in [6, 6.07) is 17.6. The van der Waals surface area contributed by atoms with Crippen molar-refractivity contribution < 1.29 is 0 Å². The molecule has 0 amide bonds. The highest BCUT2D eigenvalue weighted by Gasteiger charge is 2.14. The normalized spacial score (nSPS) is 13.9. The lowest BCUT2D eigenvalue weighted by Gasteiger charge is -2.24. The molecule has 0 aliphatic heterocycles. The number of halogens is 1. The first-order chi connectivity index (χ1) is 10.1. The van der Waals surface area contributed by atoms with Gasteiger partial charge in [-0.15, -0.1) is 0 Å². The molecule has 0 aliphatic carbocycles. The van der Waals surface area contributed by atoms with E-state index in [0.717, 1.165) is 17.9 Å². The Morgan fingerprint density at radius 2 is 1.52 bits per heavy atom. The monoisotopic (exact) mass is 301 g/mol. The zero-order valence-corrected chi connectivity index (χ0v) is 13.8. The summed E-state index contributed by atoms with van der Waals surface area (Å²) in [6.45, 7) is 6.57. The second kappa shape index (κ2) is 7.63. The lowest BCUT2D eigenvalue weighted by molar-refractivity contribution is 0.439. The van der Waals surface area contributed by atoms with E-state index >= 15 is 0 Å². The molecular formula is C19H24ClN. The van der Waals surface area contributed by atoms with Crippen LogP contribution in [0, 0.1) is 6.92 Å². The van der Waals surface area contributed by atoms with Gasteiger partial charge in [0, 0.05) is 17.1 Å². The molecule has 0 saturated heterocycles. The Balaban J connectivity index is 2.11. The second-order valence-corrected chi connectivity index (χ2v) is 6.13. The Kier molecular flexibility index (Phi) is 5.84. The molecule has 112 valence electrons. The van der Waals surface area contributed by atoms with E-state index < -0.39 is 0 Å². The van der Waals surface area contributed by atoms with Crippen molar-refractivity contribution in [1.82, 2.24) is 5.32 Å². The summed E-state index contributed by atoms with van der Waals surface area (Å²) < 4.78 is 0. The van der Waals surface area contributed by atoms with Gasteiger partial charge in [0.1, 0.15) is 0 Å². The van der Waals surface area contributed by atoms with Crippen LogP contribution in [0.15, 0.2) is 48.5 Å². The van der Waals surface area contributed by atoms with Crippen molar-refractivity contribution >= 4 is 11.6 Å². The van der Waals surface area contributed by atoms with Gasteiger partial charge in [-0.3, -0.25) is 0 Å². The van der Waals surface area contributed by atoms with Crippen LogP contribution in [0.4, 0.5) is 0 Å². The topological polar surface area (TPSA) is 12.0 Å². The van der Waals surface area contributed by atoms with Crippen LogP contribution in [0.25, 0.3) is 0 Å². The molecule has 21 heavy (non-hydrogen) atoms. The minimum absolute atomic E-state index is 0.331. The molecule has 0 bridgehead atoms. The van der Waals surface area contributed by atoms with Gasteiger partial charge in [-0.1, -0.05) is 66.9 Å². The van der Waals surface area contributed by atoms with E-state index in [-0.39, 0.29) is 0 Å².